The molecule has 0 aliphatic carbocycles. The maximum absolute atomic E-state index is 13.1. The molecule has 2 amide bonds. The van der Waals surface area contributed by atoms with Gasteiger partial charge in [0.2, 0.25) is 5.91 Å². The summed E-state index contributed by atoms with van der Waals surface area (Å²) in [6.45, 7) is 3.41. The van der Waals surface area contributed by atoms with Crippen LogP contribution in [0.1, 0.15) is 34.3 Å². The number of carbonyl (C=O) groups is 2. The zero-order chi connectivity index (χ0) is 25.5. The largest absolute Gasteiger partial charge is 0.497 e. The Balaban J connectivity index is 1.36. The first-order valence-electron chi connectivity index (χ1n) is 12.1. The number of carbonyl (C=O) groups excluding carboxylic acids is 2. The van der Waals surface area contributed by atoms with Crippen molar-refractivity contribution >= 4 is 17.5 Å². The molecule has 0 radical (unpaired) electrons. The van der Waals surface area contributed by atoms with Crippen LogP contribution in [0.15, 0.2) is 66.7 Å². The Kier molecular flexibility index (Phi) is 8.10. The fourth-order valence-electron chi connectivity index (χ4n) is 4.28. The first-order chi connectivity index (χ1) is 17.5. The molecule has 1 saturated heterocycles. The second-order valence-electron chi connectivity index (χ2n) is 8.93. The van der Waals surface area contributed by atoms with Crippen LogP contribution in [0, 0.1) is 12.8 Å². The monoisotopic (exact) mass is 488 g/mol. The second-order valence-corrected chi connectivity index (χ2v) is 8.93. The lowest BCUT2D eigenvalue weighted by Crippen LogP contribution is -2.41. The number of nitrogens with one attached hydrogen (secondary N) is 1. The van der Waals surface area contributed by atoms with E-state index in [1.54, 1.807) is 37.3 Å². The predicted octanol–water partition coefficient (Wildman–Crippen LogP) is 5.08. The molecule has 0 atom stereocenters. The number of hydrogen-bond donors (Lipinski definition) is 1. The lowest BCUT2D eigenvalue weighted by molar-refractivity contribution is -0.121. The molecule has 7 nitrogen and oxygen atoms in total. The second kappa shape index (κ2) is 11.6. The minimum atomic E-state index is -0.183. The maximum atomic E-state index is 13.1. The molecule has 4 rings (SSSR count). The third kappa shape index (κ3) is 6.16. The number of piperidine rings is 1. The molecule has 0 spiro atoms. The quantitative estimate of drug-likeness (QED) is 0.478. The van der Waals surface area contributed by atoms with Crippen LogP contribution in [0.5, 0.6) is 17.2 Å². The highest BCUT2D eigenvalue weighted by atomic mass is 16.5. The van der Waals surface area contributed by atoms with Gasteiger partial charge in [-0.1, -0.05) is 36.4 Å². The zero-order valence-electron chi connectivity index (χ0n) is 21.0. The number of rotatable bonds is 8. The fourth-order valence-corrected chi connectivity index (χ4v) is 4.28. The van der Waals surface area contributed by atoms with E-state index in [9.17, 15) is 9.59 Å². The Labute approximate surface area is 212 Å². The molecule has 1 aliphatic rings. The van der Waals surface area contributed by atoms with Crippen LogP contribution in [0.3, 0.4) is 0 Å². The van der Waals surface area contributed by atoms with E-state index < -0.39 is 0 Å². The maximum Gasteiger partial charge on any atom is 0.254 e. The molecule has 7 heteroatoms. The average molecular weight is 489 g/mol. The summed E-state index contributed by atoms with van der Waals surface area (Å²) in [7, 11) is 3.11. The van der Waals surface area contributed by atoms with Crippen LogP contribution in [-0.4, -0.2) is 44.0 Å². The Morgan fingerprint density at radius 3 is 2.22 bits per heavy atom. The Morgan fingerprint density at radius 2 is 1.58 bits per heavy atom. The highest BCUT2D eigenvalue weighted by molar-refractivity contribution is 5.96. The third-order valence-electron chi connectivity index (χ3n) is 6.38. The van der Waals surface area contributed by atoms with Gasteiger partial charge in [0.15, 0.2) is 0 Å². The number of nitrogens with zero attached hydrogens (tertiary/aromatic N) is 1. The van der Waals surface area contributed by atoms with Crippen molar-refractivity contribution < 1.29 is 23.8 Å². The van der Waals surface area contributed by atoms with Crippen LogP contribution in [0.25, 0.3) is 0 Å². The van der Waals surface area contributed by atoms with Gasteiger partial charge in [-0.2, -0.15) is 0 Å². The molecule has 0 saturated carbocycles. The molecule has 0 aromatic heterocycles. The normalized spacial score (nSPS) is 13.7. The summed E-state index contributed by atoms with van der Waals surface area (Å²) in [5.74, 6) is 1.44. The van der Waals surface area contributed by atoms with Crippen molar-refractivity contribution in [2.75, 3.05) is 32.6 Å². The van der Waals surface area contributed by atoms with E-state index in [2.05, 4.69) is 5.32 Å². The van der Waals surface area contributed by atoms with E-state index in [-0.39, 0.29) is 17.7 Å². The van der Waals surface area contributed by atoms with Gasteiger partial charge in [-0.3, -0.25) is 9.59 Å². The van der Waals surface area contributed by atoms with Crippen molar-refractivity contribution in [3.05, 3.63) is 83.4 Å². The molecular formula is C29H32N2O5. The SMILES string of the molecule is COc1cc(OC)cc(C(=O)N2CCC(C(=O)Nc3ccc(C)cc3OCc3ccccc3)CC2)c1. The number of methoxy groups -OCH3 is 2. The number of benzene rings is 3. The van der Waals surface area contributed by atoms with Gasteiger partial charge in [0, 0.05) is 30.6 Å². The molecule has 3 aromatic carbocycles. The van der Waals surface area contributed by atoms with Crippen LogP contribution in [0.2, 0.25) is 0 Å². The van der Waals surface area contributed by atoms with E-state index in [0.717, 1.165) is 11.1 Å². The van der Waals surface area contributed by atoms with Crippen molar-refractivity contribution in [3.8, 4) is 17.2 Å². The summed E-state index contributed by atoms with van der Waals surface area (Å²) in [4.78, 5) is 27.9. The van der Waals surface area contributed by atoms with E-state index in [0.29, 0.717) is 61.0 Å². The van der Waals surface area contributed by atoms with Gasteiger partial charge in [-0.05, 0) is 55.2 Å². The predicted molar refractivity (Wildman–Crippen MR) is 139 cm³/mol. The Hall–Kier alpha value is -4.00. The van der Waals surface area contributed by atoms with Crippen molar-refractivity contribution in [2.24, 2.45) is 5.92 Å². The molecule has 36 heavy (non-hydrogen) atoms. The smallest absolute Gasteiger partial charge is 0.254 e. The summed E-state index contributed by atoms with van der Waals surface area (Å²) in [5.41, 5.74) is 3.27. The molecule has 3 aromatic rings. The Bertz CT molecular complexity index is 1180. The minimum absolute atomic E-state index is 0.0569. The van der Waals surface area contributed by atoms with E-state index in [1.165, 1.54) is 0 Å². The van der Waals surface area contributed by atoms with Gasteiger partial charge in [0.25, 0.3) is 5.91 Å². The van der Waals surface area contributed by atoms with Crippen molar-refractivity contribution in [2.45, 2.75) is 26.4 Å². The lowest BCUT2D eigenvalue weighted by Gasteiger charge is -2.31. The number of anilines is 1. The minimum Gasteiger partial charge on any atom is -0.497 e. The Morgan fingerprint density at radius 1 is 0.917 bits per heavy atom. The summed E-state index contributed by atoms with van der Waals surface area (Å²) in [6, 6.07) is 20.8. The summed E-state index contributed by atoms with van der Waals surface area (Å²) < 4.78 is 16.6. The van der Waals surface area contributed by atoms with Crippen molar-refractivity contribution in [3.63, 3.8) is 0 Å². The van der Waals surface area contributed by atoms with E-state index in [4.69, 9.17) is 14.2 Å². The van der Waals surface area contributed by atoms with Gasteiger partial charge in [0.1, 0.15) is 23.9 Å². The average Bonchev–Trinajstić information content (AvgIpc) is 2.93. The van der Waals surface area contributed by atoms with Crippen molar-refractivity contribution in [1.82, 2.24) is 4.90 Å². The molecular weight excluding hydrogens is 456 g/mol. The molecule has 1 aliphatic heterocycles. The standard InChI is InChI=1S/C29H32N2O5/c1-20-9-10-26(27(15-20)36-19-21-7-5-4-6-8-21)30-28(32)22-11-13-31(14-12-22)29(33)23-16-24(34-2)18-25(17-23)35-3/h4-10,15-18,22H,11-14,19H2,1-3H3,(H,30,32). The molecule has 1 N–H and O–H groups in total. The van der Waals surface area contributed by atoms with Crippen LogP contribution in [-0.2, 0) is 11.4 Å². The van der Waals surface area contributed by atoms with Crippen molar-refractivity contribution in [1.29, 1.82) is 0 Å². The number of aryl methyl sites for hydroxylation is 1. The molecule has 1 heterocycles. The fraction of sp³-hybridized carbons (Fsp3) is 0.310. The first kappa shape index (κ1) is 25.1. The number of amides is 2. The highest BCUT2D eigenvalue weighted by Gasteiger charge is 2.28. The lowest BCUT2D eigenvalue weighted by atomic mass is 9.95. The number of ether oxygens (including phenoxy) is 3. The summed E-state index contributed by atoms with van der Waals surface area (Å²) in [6.07, 6.45) is 1.18. The van der Waals surface area contributed by atoms with Gasteiger partial charge in [0.05, 0.1) is 19.9 Å². The van der Waals surface area contributed by atoms with Gasteiger partial charge >= 0.3 is 0 Å². The number of likely N-dealkylation sites (tertiary alicyclic amines) is 1. The van der Waals surface area contributed by atoms with Gasteiger partial charge in [-0.25, -0.2) is 0 Å². The molecule has 1 fully saturated rings. The summed E-state index contributed by atoms with van der Waals surface area (Å²) in [5, 5.41) is 3.05. The first-order valence-corrected chi connectivity index (χ1v) is 12.1. The van der Waals surface area contributed by atoms with Crippen LogP contribution < -0.4 is 19.5 Å². The highest BCUT2D eigenvalue weighted by Crippen LogP contribution is 2.29. The van der Waals surface area contributed by atoms with E-state index in [1.807, 2.05) is 55.5 Å². The topological polar surface area (TPSA) is 77.1 Å². The summed E-state index contributed by atoms with van der Waals surface area (Å²) >= 11 is 0. The van der Waals surface area contributed by atoms with Crippen LogP contribution >= 0.6 is 0 Å². The third-order valence-corrected chi connectivity index (χ3v) is 6.38. The molecule has 0 bridgehead atoms. The van der Waals surface area contributed by atoms with Crippen LogP contribution in [0.4, 0.5) is 5.69 Å². The zero-order valence-corrected chi connectivity index (χ0v) is 21.0. The number of hydrogen-bond acceptors (Lipinski definition) is 5. The molecule has 188 valence electrons. The van der Waals surface area contributed by atoms with Gasteiger partial charge in [-0.15, -0.1) is 0 Å². The molecule has 0 unspecified atom stereocenters. The van der Waals surface area contributed by atoms with Gasteiger partial charge < -0.3 is 24.4 Å². The van der Waals surface area contributed by atoms with E-state index >= 15 is 0 Å².